The third kappa shape index (κ3) is 2.62. The number of amides is 1. The van der Waals surface area contributed by atoms with E-state index in [-0.39, 0.29) is 5.91 Å². The van der Waals surface area contributed by atoms with Crippen molar-refractivity contribution in [2.24, 2.45) is 0 Å². The number of nitrogens with one attached hydrogen (secondary N) is 1. The van der Waals surface area contributed by atoms with Crippen molar-refractivity contribution >= 4 is 5.91 Å². The summed E-state index contributed by atoms with van der Waals surface area (Å²) >= 11 is 0. The summed E-state index contributed by atoms with van der Waals surface area (Å²) in [6, 6.07) is 9.78. The summed E-state index contributed by atoms with van der Waals surface area (Å²) in [5.41, 5.74) is 2.92. The highest BCUT2D eigenvalue weighted by Crippen LogP contribution is 2.14. The molecule has 2 aromatic rings. The molecule has 0 atom stereocenters. The first-order valence-electron chi connectivity index (χ1n) is 5.97. The molecule has 0 spiro atoms. The third-order valence-corrected chi connectivity index (χ3v) is 2.99. The van der Waals surface area contributed by atoms with E-state index in [1.165, 1.54) is 5.56 Å². The van der Waals surface area contributed by atoms with E-state index < -0.39 is 0 Å². The zero-order valence-electron chi connectivity index (χ0n) is 10.9. The Kier molecular flexibility index (Phi) is 3.51. The molecule has 2 rings (SSSR count). The average molecular weight is 243 g/mol. The van der Waals surface area contributed by atoms with Crippen LogP contribution < -0.4 is 5.32 Å². The van der Waals surface area contributed by atoms with Crippen molar-refractivity contribution in [3.63, 3.8) is 0 Å². The topological polar surface area (TPSA) is 42.2 Å². The molecule has 0 saturated heterocycles. The normalized spacial score (nSPS) is 10.4. The number of aryl methyl sites for hydroxylation is 3. The fourth-order valence-corrected chi connectivity index (χ4v) is 1.94. The van der Waals surface area contributed by atoms with Crippen molar-refractivity contribution in [1.29, 1.82) is 0 Å². The number of carbonyl (C=O) groups excluding carboxylic acids is 1. The summed E-state index contributed by atoms with van der Waals surface area (Å²) in [6.45, 7) is 6.21. The van der Waals surface area contributed by atoms with Crippen molar-refractivity contribution in [1.82, 2.24) is 5.32 Å². The molecule has 1 aromatic carbocycles. The lowest BCUT2D eigenvalue weighted by atomic mass is 10.1. The van der Waals surface area contributed by atoms with Gasteiger partial charge in [-0.1, -0.05) is 24.3 Å². The predicted octanol–water partition coefficient (Wildman–Crippen LogP) is 3.13. The minimum atomic E-state index is -0.0902. The van der Waals surface area contributed by atoms with Gasteiger partial charge in [0, 0.05) is 6.54 Å². The Morgan fingerprint density at radius 1 is 1.22 bits per heavy atom. The summed E-state index contributed by atoms with van der Waals surface area (Å²) in [4.78, 5) is 12.0. The molecule has 0 aliphatic carbocycles. The molecule has 3 nitrogen and oxygen atoms in total. The zero-order valence-corrected chi connectivity index (χ0v) is 10.9. The maximum Gasteiger partial charge on any atom is 0.255 e. The molecule has 94 valence electrons. The van der Waals surface area contributed by atoms with Crippen LogP contribution in [0.1, 0.15) is 33.0 Å². The van der Waals surface area contributed by atoms with Crippen molar-refractivity contribution in [3.8, 4) is 0 Å². The molecule has 0 fully saturated rings. The van der Waals surface area contributed by atoms with E-state index in [0.717, 1.165) is 11.3 Å². The average Bonchev–Trinajstić information content (AvgIpc) is 2.67. The van der Waals surface area contributed by atoms with Gasteiger partial charge < -0.3 is 9.73 Å². The number of rotatable bonds is 3. The monoisotopic (exact) mass is 243 g/mol. The first-order valence-corrected chi connectivity index (χ1v) is 5.97. The van der Waals surface area contributed by atoms with E-state index in [2.05, 4.69) is 5.32 Å². The van der Waals surface area contributed by atoms with Gasteiger partial charge in [-0.25, -0.2) is 0 Å². The molecule has 1 heterocycles. The second-order valence-corrected chi connectivity index (χ2v) is 4.44. The summed E-state index contributed by atoms with van der Waals surface area (Å²) in [6.07, 6.45) is 0. The number of benzene rings is 1. The van der Waals surface area contributed by atoms with Crippen LogP contribution in [0.4, 0.5) is 0 Å². The van der Waals surface area contributed by atoms with Crippen LogP contribution in [0.25, 0.3) is 0 Å². The lowest BCUT2D eigenvalue weighted by Gasteiger charge is -2.07. The fourth-order valence-electron chi connectivity index (χ4n) is 1.94. The quantitative estimate of drug-likeness (QED) is 0.899. The molecule has 0 aliphatic heterocycles. The van der Waals surface area contributed by atoms with Gasteiger partial charge in [-0.3, -0.25) is 4.79 Å². The second-order valence-electron chi connectivity index (χ2n) is 4.44. The zero-order chi connectivity index (χ0) is 13.1. The van der Waals surface area contributed by atoms with Crippen LogP contribution in [0, 0.1) is 20.8 Å². The first kappa shape index (κ1) is 12.4. The van der Waals surface area contributed by atoms with Gasteiger partial charge in [0.05, 0.1) is 5.56 Å². The van der Waals surface area contributed by atoms with Gasteiger partial charge in [0.2, 0.25) is 0 Å². The summed E-state index contributed by atoms with van der Waals surface area (Å²) in [5, 5.41) is 2.91. The van der Waals surface area contributed by atoms with E-state index in [9.17, 15) is 4.79 Å². The Bertz CT molecular complexity index is 570. The lowest BCUT2D eigenvalue weighted by molar-refractivity contribution is 0.0949. The Labute approximate surface area is 107 Å². The molecule has 1 N–H and O–H groups in total. The van der Waals surface area contributed by atoms with Gasteiger partial charge in [0.25, 0.3) is 5.91 Å². The van der Waals surface area contributed by atoms with Crippen molar-refractivity contribution in [3.05, 3.63) is 58.5 Å². The van der Waals surface area contributed by atoms with Crippen molar-refractivity contribution in [2.75, 3.05) is 0 Å². The van der Waals surface area contributed by atoms with Crippen LogP contribution in [0.2, 0.25) is 0 Å². The molecule has 18 heavy (non-hydrogen) atoms. The highest BCUT2D eigenvalue weighted by atomic mass is 16.3. The molecule has 0 bridgehead atoms. The molecule has 1 amide bonds. The summed E-state index contributed by atoms with van der Waals surface area (Å²) < 4.78 is 5.35. The van der Waals surface area contributed by atoms with Crippen LogP contribution in [-0.4, -0.2) is 5.91 Å². The van der Waals surface area contributed by atoms with E-state index in [1.807, 2.05) is 38.1 Å². The van der Waals surface area contributed by atoms with Gasteiger partial charge in [0.1, 0.15) is 11.5 Å². The van der Waals surface area contributed by atoms with Gasteiger partial charge >= 0.3 is 0 Å². The molecular weight excluding hydrogens is 226 g/mol. The number of furan rings is 1. The number of carbonyl (C=O) groups is 1. The van der Waals surface area contributed by atoms with Crippen LogP contribution in [-0.2, 0) is 6.54 Å². The van der Waals surface area contributed by atoms with Gasteiger partial charge in [-0.2, -0.15) is 0 Å². The SMILES string of the molecule is Cc1cc(C(=O)NCc2ccccc2C)c(C)o1. The van der Waals surface area contributed by atoms with E-state index in [4.69, 9.17) is 4.42 Å². The summed E-state index contributed by atoms with van der Waals surface area (Å²) in [7, 11) is 0. The molecule has 3 heteroatoms. The Morgan fingerprint density at radius 2 is 1.94 bits per heavy atom. The van der Waals surface area contributed by atoms with Gasteiger partial charge in [0.15, 0.2) is 0 Å². The van der Waals surface area contributed by atoms with E-state index >= 15 is 0 Å². The minimum Gasteiger partial charge on any atom is -0.466 e. The molecule has 0 radical (unpaired) electrons. The summed E-state index contributed by atoms with van der Waals surface area (Å²) in [5.74, 6) is 1.33. The highest BCUT2D eigenvalue weighted by molar-refractivity contribution is 5.95. The van der Waals surface area contributed by atoms with Crippen LogP contribution in [0.15, 0.2) is 34.7 Å². The first-order chi connectivity index (χ1) is 8.58. The third-order valence-electron chi connectivity index (χ3n) is 2.99. The van der Waals surface area contributed by atoms with Gasteiger partial charge in [-0.15, -0.1) is 0 Å². The Balaban J connectivity index is 2.05. The van der Waals surface area contributed by atoms with Gasteiger partial charge in [-0.05, 0) is 38.0 Å². The number of hydrogen-bond acceptors (Lipinski definition) is 2. The van der Waals surface area contributed by atoms with Crippen molar-refractivity contribution in [2.45, 2.75) is 27.3 Å². The van der Waals surface area contributed by atoms with Crippen LogP contribution >= 0.6 is 0 Å². The largest absolute Gasteiger partial charge is 0.466 e. The standard InChI is InChI=1S/C15H17NO2/c1-10-6-4-5-7-13(10)9-16-15(17)14-8-11(2)18-12(14)3/h4-8H,9H2,1-3H3,(H,16,17). The van der Waals surface area contributed by atoms with E-state index in [1.54, 1.807) is 13.0 Å². The maximum absolute atomic E-state index is 12.0. The predicted molar refractivity (Wildman–Crippen MR) is 70.5 cm³/mol. The number of hydrogen-bond donors (Lipinski definition) is 1. The highest BCUT2D eigenvalue weighted by Gasteiger charge is 2.13. The van der Waals surface area contributed by atoms with E-state index in [0.29, 0.717) is 17.9 Å². The molecular formula is C15H17NO2. The molecule has 0 aliphatic rings. The fraction of sp³-hybridized carbons (Fsp3) is 0.267. The lowest BCUT2D eigenvalue weighted by Crippen LogP contribution is -2.23. The molecule has 1 aromatic heterocycles. The maximum atomic E-state index is 12.0. The Morgan fingerprint density at radius 3 is 2.56 bits per heavy atom. The molecule has 0 saturated carbocycles. The minimum absolute atomic E-state index is 0.0902. The van der Waals surface area contributed by atoms with Crippen molar-refractivity contribution < 1.29 is 9.21 Å². The van der Waals surface area contributed by atoms with Crippen LogP contribution in [0.3, 0.4) is 0 Å². The smallest absolute Gasteiger partial charge is 0.255 e. The second kappa shape index (κ2) is 5.08. The molecule has 0 unspecified atom stereocenters. The Hall–Kier alpha value is -2.03. The van der Waals surface area contributed by atoms with Crippen LogP contribution in [0.5, 0.6) is 0 Å².